The first-order valence-corrected chi connectivity index (χ1v) is 9.52. The van der Waals surface area contributed by atoms with Gasteiger partial charge in [0.25, 0.3) is 11.7 Å². The number of aliphatic hydroxyl groups is 1. The molecule has 1 N–H and O–H groups in total. The molecule has 152 valence electrons. The van der Waals surface area contributed by atoms with Gasteiger partial charge in [-0.2, -0.15) is 0 Å². The molecule has 0 spiro atoms. The van der Waals surface area contributed by atoms with Gasteiger partial charge >= 0.3 is 0 Å². The summed E-state index contributed by atoms with van der Waals surface area (Å²) in [6.07, 6.45) is -0.0107. The normalized spacial score (nSPS) is 18.7. The molecular weight excluding hydrogens is 373 g/mol. The van der Waals surface area contributed by atoms with Crippen molar-refractivity contribution in [2.45, 2.75) is 32.9 Å². The summed E-state index contributed by atoms with van der Waals surface area (Å²) in [5.74, 6) is -2.22. The van der Waals surface area contributed by atoms with E-state index in [2.05, 4.69) is 0 Å². The maximum absolute atomic E-state index is 13.3. The van der Waals surface area contributed by atoms with Crippen molar-refractivity contribution in [3.8, 4) is 0 Å². The Hall–Kier alpha value is -2.99. The maximum atomic E-state index is 13.3. The molecule has 3 rings (SSSR count). The largest absolute Gasteiger partial charge is 0.507 e. The Kier molecular flexibility index (Phi) is 6.13. The van der Waals surface area contributed by atoms with Gasteiger partial charge in [0, 0.05) is 12.1 Å². The average molecular weight is 397 g/mol. The second kappa shape index (κ2) is 8.57. The fraction of sp³-hybridized carbons (Fsp3) is 0.304. The second-order valence-corrected chi connectivity index (χ2v) is 7.33. The quantitative estimate of drug-likeness (QED) is 0.455. The topological polar surface area (TPSA) is 66.8 Å². The van der Waals surface area contributed by atoms with Crippen LogP contribution in [0.4, 0.5) is 4.39 Å². The van der Waals surface area contributed by atoms with Gasteiger partial charge in [0.15, 0.2) is 0 Å². The van der Waals surface area contributed by atoms with E-state index in [1.165, 1.54) is 29.2 Å². The number of nitrogens with zero attached hydrogens (tertiary/aromatic N) is 1. The molecule has 6 heteroatoms. The highest BCUT2D eigenvalue weighted by Gasteiger charge is 2.45. The van der Waals surface area contributed by atoms with Gasteiger partial charge < -0.3 is 14.7 Å². The number of hydrogen-bond acceptors (Lipinski definition) is 4. The Bertz CT molecular complexity index is 950. The summed E-state index contributed by atoms with van der Waals surface area (Å²) in [5.41, 5.74) is 1.96. The number of amides is 1. The molecule has 1 saturated heterocycles. The van der Waals surface area contributed by atoms with E-state index in [0.29, 0.717) is 0 Å². The van der Waals surface area contributed by atoms with Crippen LogP contribution in [0.2, 0.25) is 0 Å². The number of halogens is 1. The number of ether oxygens (including phenoxy) is 1. The van der Waals surface area contributed by atoms with E-state index in [-0.39, 0.29) is 36.2 Å². The molecule has 0 bridgehead atoms. The molecule has 0 aromatic heterocycles. The molecule has 1 aliphatic rings. The van der Waals surface area contributed by atoms with Gasteiger partial charge in [-0.05, 0) is 50.6 Å². The smallest absolute Gasteiger partial charge is 0.295 e. The Morgan fingerprint density at radius 1 is 1.17 bits per heavy atom. The lowest BCUT2D eigenvalue weighted by atomic mass is 9.94. The molecule has 1 amide bonds. The van der Waals surface area contributed by atoms with Crippen LogP contribution in [-0.4, -0.2) is 41.0 Å². The zero-order valence-electron chi connectivity index (χ0n) is 16.7. The van der Waals surface area contributed by atoms with Gasteiger partial charge in [0.05, 0.1) is 24.3 Å². The van der Waals surface area contributed by atoms with Crippen molar-refractivity contribution in [1.29, 1.82) is 0 Å². The first-order valence-electron chi connectivity index (χ1n) is 9.52. The summed E-state index contributed by atoms with van der Waals surface area (Å²) < 4.78 is 18.8. The number of carbonyl (C=O) groups excluding carboxylic acids is 2. The predicted molar refractivity (Wildman–Crippen MR) is 108 cm³/mol. The molecule has 5 nitrogen and oxygen atoms in total. The van der Waals surface area contributed by atoms with E-state index in [4.69, 9.17) is 4.74 Å². The number of benzene rings is 2. The number of aryl methyl sites for hydroxylation is 1. The van der Waals surface area contributed by atoms with Gasteiger partial charge in [0.2, 0.25) is 0 Å². The lowest BCUT2D eigenvalue weighted by molar-refractivity contribution is -0.140. The van der Waals surface area contributed by atoms with E-state index >= 15 is 0 Å². The molecular formula is C23H24FNO4. The summed E-state index contributed by atoms with van der Waals surface area (Å²) in [6, 6.07) is 11.9. The average Bonchev–Trinajstić information content (AvgIpc) is 2.93. The van der Waals surface area contributed by atoms with E-state index in [1.807, 2.05) is 45.0 Å². The van der Waals surface area contributed by atoms with Gasteiger partial charge in [-0.25, -0.2) is 4.39 Å². The molecule has 1 heterocycles. The van der Waals surface area contributed by atoms with Crippen molar-refractivity contribution in [3.05, 3.63) is 76.6 Å². The maximum Gasteiger partial charge on any atom is 0.295 e. The van der Waals surface area contributed by atoms with Crippen molar-refractivity contribution in [2.75, 3.05) is 13.2 Å². The van der Waals surface area contributed by atoms with Crippen molar-refractivity contribution in [2.24, 2.45) is 0 Å². The van der Waals surface area contributed by atoms with Crippen molar-refractivity contribution in [1.82, 2.24) is 4.90 Å². The van der Waals surface area contributed by atoms with Crippen LogP contribution in [0.1, 0.15) is 36.6 Å². The van der Waals surface area contributed by atoms with Crippen molar-refractivity contribution < 1.29 is 23.8 Å². The first kappa shape index (κ1) is 20.7. The lowest BCUT2D eigenvalue weighted by Gasteiger charge is -2.26. The zero-order valence-corrected chi connectivity index (χ0v) is 16.7. The predicted octanol–water partition coefficient (Wildman–Crippen LogP) is 3.98. The summed E-state index contributed by atoms with van der Waals surface area (Å²) in [4.78, 5) is 27.0. The van der Waals surface area contributed by atoms with Crippen molar-refractivity contribution >= 4 is 17.4 Å². The highest BCUT2D eigenvalue weighted by molar-refractivity contribution is 6.46. The van der Waals surface area contributed by atoms with Gasteiger partial charge in [0.1, 0.15) is 11.6 Å². The number of carbonyl (C=O) groups is 2. The van der Waals surface area contributed by atoms with E-state index < -0.39 is 23.5 Å². The minimum absolute atomic E-state index is 0.00300. The zero-order chi connectivity index (χ0) is 21.1. The molecule has 2 aromatic carbocycles. The summed E-state index contributed by atoms with van der Waals surface area (Å²) >= 11 is 0. The number of hydrogen-bond donors (Lipinski definition) is 1. The Morgan fingerprint density at radius 3 is 2.48 bits per heavy atom. The van der Waals surface area contributed by atoms with Crippen LogP contribution in [0, 0.1) is 12.7 Å². The number of Topliss-reactive ketones (excluding diaryl/α,β-unsaturated/α-hetero) is 1. The Labute approximate surface area is 169 Å². The number of aliphatic hydroxyl groups excluding tert-OH is 1. The van der Waals surface area contributed by atoms with E-state index in [1.54, 1.807) is 0 Å². The van der Waals surface area contributed by atoms with Crippen LogP contribution in [-0.2, 0) is 14.3 Å². The summed E-state index contributed by atoms with van der Waals surface area (Å²) in [6.45, 7) is 6.17. The van der Waals surface area contributed by atoms with Gasteiger partial charge in [-0.3, -0.25) is 9.59 Å². The van der Waals surface area contributed by atoms with Gasteiger partial charge in [-0.15, -0.1) is 0 Å². The minimum Gasteiger partial charge on any atom is -0.507 e. The standard InChI is InChI=1S/C23H24FNO4/c1-14(2)29-12-11-25-20(17-6-4-5-15(3)13-17)19(22(27)23(25)28)21(26)16-7-9-18(24)10-8-16/h4-10,13-14,20,26H,11-12H2,1-3H3/b21-19-. The first-order chi connectivity index (χ1) is 13.8. The highest BCUT2D eigenvalue weighted by Crippen LogP contribution is 2.39. The number of likely N-dealkylation sites (tertiary alicyclic amines) is 1. The van der Waals surface area contributed by atoms with Crippen molar-refractivity contribution in [3.63, 3.8) is 0 Å². The Morgan fingerprint density at radius 2 is 1.86 bits per heavy atom. The monoisotopic (exact) mass is 397 g/mol. The second-order valence-electron chi connectivity index (χ2n) is 7.33. The SMILES string of the molecule is Cc1cccc(C2/C(=C(/O)c3ccc(F)cc3)C(=O)C(=O)N2CCOC(C)C)c1. The molecule has 1 fully saturated rings. The molecule has 1 atom stereocenters. The van der Waals surface area contributed by atoms with Crippen LogP contribution in [0.25, 0.3) is 5.76 Å². The van der Waals surface area contributed by atoms with Gasteiger partial charge in [-0.1, -0.05) is 29.8 Å². The third-order valence-electron chi connectivity index (χ3n) is 4.80. The van der Waals surface area contributed by atoms with E-state index in [0.717, 1.165) is 11.1 Å². The third kappa shape index (κ3) is 4.38. The van der Waals surface area contributed by atoms with Crippen LogP contribution in [0.3, 0.4) is 0 Å². The Balaban J connectivity index is 2.09. The number of ketones is 1. The van der Waals surface area contributed by atoms with Crippen LogP contribution in [0.15, 0.2) is 54.1 Å². The molecule has 1 unspecified atom stereocenters. The minimum atomic E-state index is -0.761. The molecule has 0 aliphatic carbocycles. The number of rotatable bonds is 6. The summed E-state index contributed by atoms with van der Waals surface area (Å²) in [5, 5.41) is 10.9. The van der Waals surface area contributed by atoms with E-state index in [9.17, 15) is 19.1 Å². The van der Waals surface area contributed by atoms with Crippen LogP contribution >= 0.6 is 0 Å². The third-order valence-corrected chi connectivity index (χ3v) is 4.80. The lowest BCUT2D eigenvalue weighted by Crippen LogP contribution is -2.33. The highest BCUT2D eigenvalue weighted by atomic mass is 19.1. The molecule has 2 aromatic rings. The molecule has 0 radical (unpaired) electrons. The van der Waals surface area contributed by atoms with Crippen LogP contribution < -0.4 is 0 Å². The van der Waals surface area contributed by atoms with Crippen LogP contribution in [0.5, 0.6) is 0 Å². The fourth-order valence-corrected chi connectivity index (χ4v) is 3.45. The molecule has 1 aliphatic heterocycles. The fourth-order valence-electron chi connectivity index (χ4n) is 3.45. The molecule has 29 heavy (non-hydrogen) atoms. The summed E-state index contributed by atoms with van der Waals surface area (Å²) in [7, 11) is 0. The molecule has 0 saturated carbocycles.